The van der Waals surface area contributed by atoms with Crippen molar-refractivity contribution in [3.63, 3.8) is 0 Å². The van der Waals surface area contributed by atoms with E-state index in [1.165, 1.54) is 12.1 Å². The minimum atomic E-state index is -4.89. The summed E-state index contributed by atoms with van der Waals surface area (Å²) in [5, 5.41) is 9.15. The molecule has 29 heavy (non-hydrogen) atoms. The fourth-order valence-electron chi connectivity index (χ4n) is 2.59. The summed E-state index contributed by atoms with van der Waals surface area (Å²) < 4.78 is 55.4. The number of halogens is 4. The Kier molecular flexibility index (Phi) is 7.50. The van der Waals surface area contributed by atoms with E-state index in [0.29, 0.717) is 18.1 Å². The Morgan fingerprint density at radius 3 is 2.38 bits per heavy atom. The van der Waals surface area contributed by atoms with Crippen LogP contribution >= 0.6 is 11.6 Å². The van der Waals surface area contributed by atoms with Crippen molar-refractivity contribution in [2.45, 2.75) is 19.2 Å². The number of benzene rings is 2. The van der Waals surface area contributed by atoms with Gasteiger partial charge in [-0.3, -0.25) is 0 Å². The molecule has 1 atom stereocenters. The van der Waals surface area contributed by atoms with Crippen molar-refractivity contribution >= 4 is 53.2 Å². The Labute approximate surface area is 191 Å². The quantitative estimate of drug-likeness (QED) is 0.687. The zero-order chi connectivity index (χ0) is 20.5. The zero-order valence-corrected chi connectivity index (χ0v) is 15.2. The number of rotatable bonds is 5. The van der Waals surface area contributed by atoms with Gasteiger partial charge in [-0.05, 0) is 43.3 Å². The second kappa shape index (κ2) is 9.30. The SMILES string of the molecule is CCOc1ccc(Oc2cc3c(cc2Cl)C=C(C(=O)O)C(C(F)(F)F)O3)cc1.[NaH]. The summed E-state index contributed by atoms with van der Waals surface area (Å²) in [6.45, 7) is 2.34. The van der Waals surface area contributed by atoms with Crippen molar-refractivity contribution in [1.29, 1.82) is 0 Å². The molecular formula is C19H15ClF3NaO5. The van der Waals surface area contributed by atoms with Gasteiger partial charge in [0.25, 0.3) is 0 Å². The van der Waals surface area contributed by atoms with Gasteiger partial charge >= 0.3 is 41.7 Å². The molecule has 2 aromatic rings. The molecule has 5 nitrogen and oxygen atoms in total. The van der Waals surface area contributed by atoms with Crippen LogP contribution in [0.1, 0.15) is 12.5 Å². The van der Waals surface area contributed by atoms with Gasteiger partial charge < -0.3 is 19.3 Å². The third-order valence-corrected chi connectivity index (χ3v) is 4.10. The Balaban J connectivity index is 0.00000300. The topological polar surface area (TPSA) is 65.0 Å². The van der Waals surface area contributed by atoms with Crippen LogP contribution in [0.4, 0.5) is 13.2 Å². The van der Waals surface area contributed by atoms with Crippen molar-refractivity contribution in [3.05, 3.63) is 52.6 Å². The van der Waals surface area contributed by atoms with Crippen LogP contribution in [0.15, 0.2) is 42.0 Å². The van der Waals surface area contributed by atoms with Gasteiger partial charge in [-0.2, -0.15) is 13.2 Å². The minimum absolute atomic E-state index is 0. The first kappa shape index (κ1) is 23.4. The van der Waals surface area contributed by atoms with Crippen LogP contribution in [-0.4, -0.2) is 59.5 Å². The van der Waals surface area contributed by atoms with Gasteiger partial charge in [-0.15, -0.1) is 0 Å². The normalized spacial score (nSPS) is 15.3. The van der Waals surface area contributed by atoms with Crippen LogP contribution < -0.4 is 14.2 Å². The first-order valence-electron chi connectivity index (χ1n) is 8.11. The second-order valence-electron chi connectivity index (χ2n) is 5.77. The molecule has 0 amide bonds. The fourth-order valence-corrected chi connectivity index (χ4v) is 2.80. The third kappa shape index (κ3) is 5.39. The van der Waals surface area contributed by atoms with E-state index in [2.05, 4.69) is 0 Å². The van der Waals surface area contributed by atoms with Crippen molar-refractivity contribution in [3.8, 4) is 23.0 Å². The molecule has 0 saturated heterocycles. The van der Waals surface area contributed by atoms with Crippen molar-refractivity contribution in [2.75, 3.05) is 6.61 Å². The van der Waals surface area contributed by atoms with Gasteiger partial charge in [-0.1, -0.05) is 11.6 Å². The van der Waals surface area contributed by atoms with Gasteiger partial charge in [0.05, 0.1) is 17.2 Å². The first-order valence-corrected chi connectivity index (χ1v) is 8.49. The average Bonchev–Trinajstić information content (AvgIpc) is 2.62. The average molecular weight is 439 g/mol. The van der Waals surface area contributed by atoms with E-state index in [9.17, 15) is 18.0 Å². The maximum atomic E-state index is 13.2. The monoisotopic (exact) mass is 438 g/mol. The summed E-state index contributed by atoms with van der Waals surface area (Å²) in [6.07, 6.45) is -6.58. The number of aliphatic carboxylic acids is 1. The van der Waals surface area contributed by atoms with Gasteiger partial charge in [0.2, 0.25) is 6.10 Å². The molecule has 1 aliphatic heterocycles. The summed E-state index contributed by atoms with van der Waals surface area (Å²) in [6, 6.07) is 9.05. The number of hydrogen-bond acceptors (Lipinski definition) is 4. The van der Waals surface area contributed by atoms with E-state index >= 15 is 0 Å². The summed E-state index contributed by atoms with van der Waals surface area (Å²) in [7, 11) is 0. The predicted molar refractivity (Wildman–Crippen MR) is 102 cm³/mol. The predicted octanol–water partition coefficient (Wildman–Crippen LogP) is 4.67. The summed E-state index contributed by atoms with van der Waals surface area (Å²) in [4.78, 5) is 11.2. The Morgan fingerprint density at radius 1 is 1.21 bits per heavy atom. The van der Waals surface area contributed by atoms with Crippen LogP contribution in [0.2, 0.25) is 5.02 Å². The number of fused-ring (bicyclic) bond motifs is 1. The number of alkyl halides is 3. The molecule has 1 heterocycles. The van der Waals surface area contributed by atoms with Crippen molar-refractivity contribution in [2.24, 2.45) is 0 Å². The van der Waals surface area contributed by atoms with Gasteiger partial charge in [0, 0.05) is 11.6 Å². The zero-order valence-electron chi connectivity index (χ0n) is 14.4. The molecule has 10 heteroatoms. The van der Waals surface area contributed by atoms with Gasteiger partial charge in [-0.25, -0.2) is 4.79 Å². The van der Waals surface area contributed by atoms with E-state index in [1.54, 1.807) is 24.3 Å². The number of hydrogen-bond donors (Lipinski definition) is 1. The summed E-state index contributed by atoms with van der Waals surface area (Å²) in [5.74, 6) is -0.821. The molecule has 2 aromatic carbocycles. The Hall–Kier alpha value is -1.87. The molecule has 0 bridgehead atoms. The van der Waals surface area contributed by atoms with Crippen LogP contribution in [0.25, 0.3) is 6.08 Å². The molecule has 150 valence electrons. The van der Waals surface area contributed by atoms with Gasteiger partial charge in [0.1, 0.15) is 23.0 Å². The van der Waals surface area contributed by atoms with E-state index < -0.39 is 23.8 Å². The molecule has 0 aliphatic carbocycles. The first-order chi connectivity index (χ1) is 13.2. The Bertz CT molecular complexity index is 929. The summed E-state index contributed by atoms with van der Waals surface area (Å²) >= 11 is 6.14. The molecule has 0 saturated carbocycles. The second-order valence-corrected chi connectivity index (χ2v) is 6.18. The summed E-state index contributed by atoms with van der Waals surface area (Å²) in [5.41, 5.74) is -0.807. The molecule has 3 rings (SSSR count). The van der Waals surface area contributed by atoms with E-state index in [-0.39, 0.29) is 51.6 Å². The van der Waals surface area contributed by atoms with Crippen LogP contribution in [-0.2, 0) is 4.79 Å². The fraction of sp³-hybridized carbons (Fsp3) is 0.211. The van der Waals surface area contributed by atoms with Crippen molar-refractivity contribution in [1.82, 2.24) is 0 Å². The molecule has 1 unspecified atom stereocenters. The van der Waals surface area contributed by atoms with E-state index in [0.717, 1.165) is 6.08 Å². The van der Waals surface area contributed by atoms with Crippen LogP contribution in [0, 0.1) is 0 Å². The van der Waals surface area contributed by atoms with Crippen LogP contribution in [0.3, 0.4) is 0 Å². The van der Waals surface area contributed by atoms with Crippen molar-refractivity contribution < 1.29 is 37.3 Å². The molecule has 0 aromatic heterocycles. The molecule has 1 aliphatic rings. The number of carboxylic acids is 1. The molecule has 0 fully saturated rings. The van der Waals surface area contributed by atoms with E-state index in [1.807, 2.05) is 6.92 Å². The number of ether oxygens (including phenoxy) is 3. The molecular weight excluding hydrogens is 424 g/mol. The third-order valence-electron chi connectivity index (χ3n) is 3.81. The number of carboxylic acid groups (broad SMARTS) is 1. The van der Waals surface area contributed by atoms with Gasteiger partial charge in [0.15, 0.2) is 0 Å². The number of carbonyl (C=O) groups is 1. The molecule has 1 N–H and O–H groups in total. The Morgan fingerprint density at radius 2 is 1.83 bits per heavy atom. The maximum absolute atomic E-state index is 13.2. The molecule has 0 spiro atoms. The van der Waals surface area contributed by atoms with E-state index in [4.69, 9.17) is 30.9 Å². The standard InChI is InChI=1S/C19H14ClF3O5.Na.H/c1-2-26-11-3-5-12(6-4-11)27-16-9-15-10(8-14(16)20)7-13(18(24)25)17(28-15)19(21,22)23;;/h3-9,17H,2H2,1H3,(H,24,25);;. The van der Waals surface area contributed by atoms with Crippen LogP contribution in [0.5, 0.6) is 23.0 Å². The molecule has 0 radical (unpaired) electrons.